The number of anilines is 2. The maximum atomic E-state index is 12.3. The first-order valence-corrected chi connectivity index (χ1v) is 7.32. The van der Waals surface area contributed by atoms with Crippen LogP contribution in [-0.4, -0.2) is 17.4 Å². The number of fused-ring (bicyclic) bond motifs is 1. The molecule has 0 saturated carbocycles. The maximum absolute atomic E-state index is 12.3. The van der Waals surface area contributed by atoms with E-state index >= 15 is 0 Å². The number of pyridine rings is 1. The largest absolute Gasteiger partial charge is 0.385 e. The van der Waals surface area contributed by atoms with Crippen molar-refractivity contribution in [3.05, 3.63) is 52.3 Å². The molecule has 2 heterocycles. The summed E-state index contributed by atoms with van der Waals surface area (Å²) in [6.45, 7) is 1.00. The molecule has 0 unspecified atom stereocenters. The van der Waals surface area contributed by atoms with Gasteiger partial charge < -0.3 is 10.6 Å². The van der Waals surface area contributed by atoms with Gasteiger partial charge in [-0.1, -0.05) is 0 Å². The standard InChI is InChI=1S/C15H14BrN3O/c16-14-13(4-2-8-18-14)19-15(20)11-5-6-12-10(9-11)3-1-7-17-12/h2,4-6,8-9,17H,1,3,7H2,(H,19,20). The lowest BCUT2D eigenvalue weighted by Crippen LogP contribution is -2.16. The van der Waals surface area contributed by atoms with Gasteiger partial charge in [-0.25, -0.2) is 4.98 Å². The van der Waals surface area contributed by atoms with Crippen molar-refractivity contribution < 1.29 is 4.79 Å². The van der Waals surface area contributed by atoms with Crippen molar-refractivity contribution in [3.63, 3.8) is 0 Å². The highest BCUT2D eigenvalue weighted by atomic mass is 79.9. The normalized spacial score (nSPS) is 13.2. The fourth-order valence-electron chi connectivity index (χ4n) is 2.29. The third kappa shape index (κ3) is 2.67. The van der Waals surface area contributed by atoms with Crippen LogP contribution in [0.15, 0.2) is 41.1 Å². The zero-order valence-electron chi connectivity index (χ0n) is 10.8. The van der Waals surface area contributed by atoms with Crippen molar-refractivity contribution in [2.75, 3.05) is 17.2 Å². The molecule has 0 radical (unpaired) electrons. The molecular weight excluding hydrogens is 318 g/mol. The minimum absolute atomic E-state index is 0.118. The Morgan fingerprint density at radius 1 is 1.35 bits per heavy atom. The second-order valence-electron chi connectivity index (χ2n) is 4.70. The Hall–Kier alpha value is -1.88. The van der Waals surface area contributed by atoms with E-state index in [2.05, 4.69) is 31.5 Å². The number of rotatable bonds is 2. The second kappa shape index (κ2) is 5.63. The van der Waals surface area contributed by atoms with Crippen LogP contribution in [0.25, 0.3) is 0 Å². The predicted octanol–water partition coefficient (Wildman–Crippen LogP) is 3.45. The first-order valence-electron chi connectivity index (χ1n) is 6.53. The van der Waals surface area contributed by atoms with E-state index < -0.39 is 0 Å². The van der Waals surface area contributed by atoms with E-state index in [4.69, 9.17) is 0 Å². The number of hydrogen-bond donors (Lipinski definition) is 2. The Labute approximate surface area is 125 Å². The van der Waals surface area contributed by atoms with Gasteiger partial charge in [-0.2, -0.15) is 0 Å². The van der Waals surface area contributed by atoms with Crippen LogP contribution in [0, 0.1) is 0 Å². The summed E-state index contributed by atoms with van der Waals surface area (Å²) >= 11 is 3.32. The number of hydrogen-bond acceptors (Lipinski definition) is 3. The van der Waals surface area contributed by atoms with Gasteiger partial charge in [0.1, 0.15) is 4.60 Å². The molecule has 5 heteroatoms. The molecule has 20 heavy (non-hydrogen) atoms. The van der Waals surface area contributed by atoms with Crippen LogP contribution in [0.3, 0.4) is 0 Å². The van der Waals surface area contributed by atoms with Crippen LogP contribution in [0.1, 0.15) is 22.3 Å². The Morgan fingerprint density at radius 3 is 3.10 bits per heavy atom. The van der Waals surface area contributed by atoms with Gasteiger partial charge in [0.2, 0.25) is 0 Å². The van der Waals surface area contributed by atoms with Gasteiger partial charge in [0.15, 0.2) is 0 Å². The average Bonchev–Trinajstić information content (AvgIpc) is 2.49. The number of aromatic nitrogens is 1. The lowest BCUT2D eigenvalue weighted by Gasteiger charge is -2.18. The van der Waals surface area contributed by atoms with Gasteiger partial charge in [0.25, 0.3) is 5.91 Å². The molecule has 1 aromatic heterocycles. The summed E-state index contributed by atoms with van der Waals surface area (Å²) in [5.74, 6) is -0.118. The summed E-state index contributed by atoms with van der Waals surface area (Å²) in [4.78, 5) is 16.4. The van der Waals surface area contributed by atoms with Crippen molar-refractivity contribution in [2.24, 2.45) is 0 Å². The lowest BCUT2D eigenvalue weighted by molar-refractivity contribution is 0.102. The Morgan fingerprint density at radius 2 is 2.25 bits per heavy atom. The molecule has 3 rings (SSSR count). The number of benzene rings is 1. The molecule has 0 fully saturated rings. The first kappa shape index (κ1) is 13.1. The zero-order valence-corrected chi connectivity index (χ0v) is 12.4. The molecule has 2 aromatic rings. The fourth-order valence-corrected chi connectivity index (χ4v) is 2.64. The van der Waals surface area contributed by atoms with Crippen LogP contribution in [-0.2, 0) is 6.42 Å². The summed E-state index contributed by atoms with van der Waals surface area (Å²) in [5, 5.41) is 6.20. The highest BCUT2D eigenvalue weighted by Crippen LogP contribution is 2.24. The zero-order chi connectivity index (χ0) is 13.9. The van der Waals surface area contributed by atoms with Crippen LogP contribution in [0.2, 0.25) is 0 Å². The van der Waals surface area contributed by atoms with Gasteiger partial charge in [0, 0.05) is 24.0 Å². The van der Waals surface area contributed by atoms with Gasteiger partial charge in [-0.15, -0.1) is 0 Å². The quantitative estimate of drug-likeness (QED) is 0.828. The Kier molecular flexibility index (Phi) is 3.69. The monoisotopic (exact) mass is 331 g/mol. The number of aryl methyl sites for hydroxylation is 1. The van der Waals surface area contributed by atoms with Crippen molar-refractivity contribution in [1.82, 2.24) is 4.98 Å². The fraction of sp³-hybridized carbons (Fsp3) is 0.200. The molecule has 4 nitrogen and oxygen atoms in total. The molecule has 0 bridgehead atoms. The highest BCUT2D eigenvalue weighted by molar-refractivity contribution is 9.10. The molecule has 1 aliphatic rings. The minimum atomic E-state index is -0.118. The van der Waals surface area contributed by atoms with Crippen LogP contribution in [0.5, 0.6) is 0 Å². The van der Waals surface area contributed by atoms with Gasteiger partial charge in [0.05, 0.1) is 5.69 Å². The summed E-state index contributed by atoms with van der Waals surface area (Å²) < 4.78 is 0.632. The van der Waals surface area contributed by atoms with Crippen molar-refractivity contribution in [2.45, 2.75) is 12.8 Å². The number of carbonyl (C=O) groups excluding carboxylic acids is 1. The third-order valence-electron chi connectivity index (χ3n) is 3.31. The van der Waals surface area contributed by atoms with Crippen molar-refractivity contribution in [1.29, 1.82) is 0 Å². The van der Waals surface area contributed by atoms with E-state index in [9.17, 15) is 4.79 Å². The third-order valence-corrected chi connectivity index (χ3v) is 3.94. The van der Waals surface area contributed by atoms with Crippen molar-refractivity contribution >= 4 is 33.2 Å². The number of carbonyl (C=O) groups is 1. The summed E-state index contributed by atoms with van der Waals surface area (Å²) in [6, 6.07) is 9.38. The topological polar surface area (TPSA) is 54.0 Å². The summed E-state index contributed by atoms with van der Waals surface area (Å²) in [6.07, 6.45) is 3.79. The minimum Gasteiger partial charge on any atom is -0.385 e. The van der Waals surface area contributed by atoms with Crippen molar-refractivity contribution in [3.8, 4) is 0 Å². The number of amides is 1. The van der Waals surface area contributed by atoms with E-state index in [1.54, 1.807) is 12.3 Å². The van der Waals surface area contributed by atoms with E-state index in [-0.39, 0.29) is 5.91 Å². The SMILES string of the molecule is O=C(Nc1cccnc1Br)c1ccc2c(c1)CCCN2. The molecule has 0 aliphatic carbocycles. The molecule has 0 atom stereocenters. The Bertz CT molecular complexity index is 657. The predicted molar refractivity (Wildman–Crippen MR) is 83.1 cm³/mol. The van der Waals surface area contributed by atoms with E-state index in [1.807, 2.05) is 24.3 Å². The molecule has 2 N–H and O–H groups in total. The molecular formula is C15H14BrN3O. The van der Waals surface area contributed by atoms with E-state index in [1.165, 1.54) is 5.56 Å². The summed E-state index contributed by atoms with van der Waals surface area (Å²) in [7, 11) is 0. The smallest absolute Gasteiger partial charge is 0.255 e. The van der Waals surface area contributed by atoms with Crippen LogP contribution >= 0.6 is 15.9 Å². The van der Waals surface area contributed by atoms with Crippen LogP contribution < -0.4 is 10.6 Å². The van der Waals surface area contributed by atoms with Gasteiger partial charge >= 0.3 is 0 Å². The molecule has 0 spiro atoms. The lowest BCUT2D eigenvalue weighted by atomic mass is 10.0. The number of nitrogens with zero attached hydrogens (tertiary/aromatic N) is 1. The Balaban J connectivity index is 1.82. The highest BCUT2D eigenvalue weighted by Gasteiger charge is 2.13. The van der Waals surface area contributed by atoms with Crippen LogP contribution in [0.4, 0.5) is 11.4 Å². The van der Waals surface area contributed by atoms with Gasteiger partial charge in [-0.3, -0.25) is 4.79 Å². The van der Waals surface area contributed by atoms with E-state index in [0.29, 0.717) is 15.9 Å². The summed E-state index contributed by atoms with van der Waals surface area (Å²) in [5.41, 5.74) is 3.68. The second-order valence-corrected chi connectivity index (χ2v) is 5.45. The average molecular weight is 332 g/mol. The molecule has 1 aliphatic heterocycles. The molecule has 0 saturated heterocycles. The van der Waals surface area contributed by atoms with E-state index in [0.717, 1.165) is 25.1 Å². The first-order chi connectivity index (χ1) is 9.74. The molecule has 102 valence electrons. The maximum Gasteiger partial charge on any atom is 0.255 e. The number of nitrogens with one attached hydrogen (secondary N) is 2. The van der Waals surface area contributed by atoms with Gasteiger partial charge in [-0.05, 0) is 64.7 Å². The molecule has 1 amide bonds. The molecule has 1 aromatic carbocycles. The number of halogens is 1.